The van der Waals surface area contributed by atoms with Crippen LogP contribution in [0.3, 0.4) is 0 Å². The fraction of sp³-hybridized carbons (Fsp3) is 0.762. The Morgan fingerprint density at radius 1 is 0.800 bits per heavy atom. The number of carbonyl (C=O) groups is 5. The van der Waals surface area contributed by atoms with Gasteiger partial charge in [-0.1, -0.05) is 0 Å². The first-order valence-electron chi connectivity index (χ1n) is 10.9. The molecule has 1 fully saturated rings. The van der Waals surface area contributed by atoms with Gasteiger partial charge in [-0.05, 0) is 0 Å². The maximum Gasteiger partial charge on any atom is 0.305 e. The van der Waals surface area contributed by atoms with Crippen LogP contribution in [0.2, 0.25) is 0 Å². The van der Waals surface area contributed by atoms with Gasteiger partial charge in [0.1, 0.15) is 18.8 Å². The van der Waals surface area contributed by atoms with Crippen LogP contribution in [0.4, 0.5) is 0 Å². The number of ether oxygens (including phenoxy) is 7. The Morgan fingerprint density at radius 3 is 1.91 bits per heavy atom. The summed E-state index contributed by atoms with van der Waals surface area (Å²) in [6, 6.07) is -1.06. The Kier molecular flexibility index (Phi) is 13.8. The van der Waals surface area contributed by atoms with Gasteiger partial charge in [0.2, 0.25) is 5.91 Å². The third-order valence-electron chi connectivity index (χ3n) is 4.41. The van der Waals surface area contributed by atoms with Crippen LogP contribution in [-0.2, 0) is 57.1 Å². The molecule has 0 aromatic carbocycles. The van der Waals surface area contributed by atoms with Crippen LogP contribution in [-0.4, -0.2) is 105 Å². The summed E-state index contributed by atoms with van der Waals surface area (Å²) in [5.74, 6) is -3.47. The van der Waals surface area contributed by atoms with E-state index in [2.05, 4.69) is 5.32 Å². The largest absolute Gasteiger partial charge is 0.481 e. The van der Waals surface area contributed by atoms with Crippen LogP contribution >= 0.6 is 0 Å². The quantitative estimate of drug-likeness (QED) is 0.159. The lowest BCUT2D eigenvalue weighted by atomic mass is 9.96. The topological polar surface area (TPSA) is 182 Å². The zero-order valence-corrected chi connectivity index (χ0v) is 20.2. The molecule has 35 heavy (non-hydrogen) atoms. The predicted octanol–water partition coefficient (Wildman–Crippen LogP) is -0.833. The molecule has 4 unspecified atom stereocenters. The van der Waals surface area contributed by atoms with Crippen LogP contribution in [0.15, 0.2) is 0 Å². The van der Waals surface area contributed by atoms with Crippen molar-refractivity contribution in [2.24, 2.45) is 0 Å². The van der Waals surface area contributed by atoms with Crippen molar-refractivity contribution in [3.05, 3.63) is 0 Å². The number of hydrogen-bond donors (Lipinski definition) is 2. The van der Waals surface area contributed by atoms with Crippen molar-refractivity contribution in [1.29, 1.82) is 0 Å². The monoisotopic (exact) mass is 507 g/mol. The summed E-state index contributed by atoms with van der Waals surface area (Å²) in [6.45, 7) is 4.90. The molecule has 0 aliphatic carbocycles. The van der Waals surface area contributed by atoms with Gasteiger partial charge >= 0.3 is 23.9 Å². The van der Waals surface area contributed by atoms with Crippen molar-refractivity contribution in [1.82, 2.24) is 5.32 Å². The van der Waals surface area contributed by atoms with Gasteiger partial charge in [0.05, 0.1) is 39.5 Å². The van der Waals surface area contributed by atoms with Crippen molar-refractivity contribution >= 4 is 29.8 Å². The minimum absolute atomic E-state index is 0.0127. The fourth-order valence-corrected chi connectivity index (χ4v) is 3.14. The maximum absolute atomic E-state index is 11.8. The van der Waals surface area contributed by atoms with Crippen molar-refractivity contribution in [2.45, 2.75) is 64.8 Å². The molecule has 14 heteroatoms. The molecule has 0 radical (unpaired) electrons. The first-order valence-corrected chi connectivity index (χ1v) is 10.9. The van der Waals surface area contributed by atoms with E-state index in [9.17, 15) is 24.0 Å². The molecule has 0 saturated carbocycles. The summed E-state index contributed by atoms with van der Waals surface area (Å²) < 4.78 is 37.7. The molecule has 1 rings (SSSR count). The molecule has 1 amide bonds. The first-order chi connectivity index (χ1) is 16.5. The van der Waals surface area contributed by atoms with Crippen molar-refractivity contribution < 1.29 is 62.2 Å². The lowest BCUT2D eigenvalue weighted by molar-refractivity contribution is -0.279. The summed E-state index contributed by atoms with van der Waals surface area (Å²) in [6.07, 6.45) is -4.76. The van der Waals surface area contributed by atoms with Crippen LogP contribution in [0.1, 0.15) is 34.1 Å². The Hall–Kier alpha value is -2.81. The lowest BCUT2D eigenvalue weighted by Gasteiger charge is -2.44. The van der Waals surface area contributed by atoms with E-state index in [1.807, 2.05) is 0 Å². The number of carbonyl (C=O) groups excluding carboxylic acids is 4. The Labute approximate surface area is 202 Å². The molecule has 0 aromatic rings. The average molecular weight is 507 g/mol. The van der Waals surface area contributed by atoms with Crippen LogP contribution < -0.4 is 5.32 Å². The minimum Gasteiger partial charge on any atom is -0.481 e. The van der Waals surface area contributed by atoms with E-state index in [1.54, 1.807) is 0 Å². The number of carboxylic acid groups (broad SMARTS) is 1. The van der Waals surface area contributed by atoms with E-state index < -0.39 is 60.4 Å². The van der Waals surface area contributed by atoms with Crippen LogP contribution in [0.5, 0.6) is 0 Å². The summed E-state index contributed by atoms with van der Waals surface area (Å²) in [7, 11) is 0. The van der Waals surface area contributed by atoms with Gasteiger partial charge in [-0.2, -0.15) is 0 Å². The van der Waals surface area contributed by atoms with E-state index in [0.29, 0.717) is 0 Å². The highest BCUT2D eigenvalue weighted by atomic mass is 16.7. The van der Waals surface area contributed by atoms with Crippen LogP contribution in [0, 0.1) is 0 Å². The van der Waals surface area contributed by atoms with Gasteiger partial charge < -0.3 is 43.6 Å². The second kappa shape index (κ2) is 16.0. The second-order valence-corrected chi connectivity index (χ2v) is 7.46. The number of amides is 1. The van der Waals surface area contributed by atoms with Gasteiger partial charge in [-0.15, -0.1) is 0 Å². The second-order valence-electron chi connectivity index (χ2n) is 7.46. The number of rotatable bonds is 15. The number of esters is 3. The predicted molar refractivity (Wildman–Crippen MR) is 114 cm³/mol. The SMILES string of the molecule is CC(=O)NC1C(OCCOCCOCCC(=O)O)OC(COC(C)=O)[C@H](OC(C)=O)C1OC(C)=O. The van der Waals surface area contributed by atoms with Crippen LogP contribution in [0.25, 0.3) is 0 Å². The summed E-state index contributed by atoms with van der Waals surface area (Å²) >= 11 is 0. The molecule has 0 spiro atoms. The van der Waals surface area contributed by atoms with Gasteiger partial charge in [0.15, 0.2) is 18.5 Å². The molecule has 5 atom stereocenters. The maximum atomic E-state index is 11.8. The third-order valence-corrected chi connectivity index (χ3v) is 4.41. The highest BCUT2D eigenvalue weighted by Gasteiger charge is 2.51. The molecular formula is C21H33NO13. The highest BCUT2D eigenvalue weighted by Crippen LogP contribution is 2.28. The molecule has 1 aliphatic rings. The number of nitrogens with one attached hydrogen (secondary N) is 1. The molecule has 14 nitrogen and oxygen atoms in total. The number of hydrogen-bond acceptors (Lipinski definition) is 12. The molecular weight excluding hydrogens is 474 g/mol. The standard InChI is InChI=1S/C21H33NO13/c1-12(23)22-18-20(34-15(4)26)19(33-14(3)25)16(11-32-13(2)24)35-21(18)31-10-9-30-8-7-29-6-5-17(27)28/h16,18-21H,5-11H2,1-4H3,(H,22,23)(H,27,28)/t16?,18?,19-,20?,21?/m0/s1. The minimum atomic E-state index is -1.21. The summed E-state index contributed by atoms with van der Waals surface area (Å²) in [5.41, 5.74) is 0. The van der Waals surface area contributed by atoms with E-state index in [4.69, 9.17) is 38.3 Å². The van der Waals surface area contributed by atoms with E-state index in [1.165, 1.54) is 13.8 Å². The number of carboxylic acids is 1. The normalized spacial score (nSPS) is 23.7. The average Bonchev–Trinajstić information content (AvgIpc) is 2.73. The van der Waals surface area contributed by atoms with E-state index in [-0.39, 0.29) is 46.1 Å². The molecule has 0 aromatic heterocycles. The third kappa shape index (κ3) is 12.5. The van der Waals surface area contributed by atoms with Gasteiger partial charge in [0, 0.05) is 27.7 Å². The Balaban J connectivity index is 2.85. The number of aliphatic carboxylic acids is 1. The first kappa shape index (κ1) is 30.2. The van der Waals surface area contributed by atoms with Gasteiger partial charge in [0.25, 0.3) is 0 Å². The van der Waals surface area contributed by atoms with Crippen molar-refractivity contribution in [3.8, 4) is 0 Å². The zero-order valence-electron chi connectivity index (χ0n) is 20.2. The highest BCUT2D eigenvalue weighted by molar-refractivity contribution is 5.73. The van der Waals surface area contributed by atoms with Gasteiger partial charge in [-0.3, -0.25) is 24.0 Å². The van der Waals surface area contributed by atoms with Crippen molar-refractivity contribution in [3.63, 3.8) is 0 Å². The molecule has 1 saturated heterocycles. The molecule has 0 bridgehead atoms. The smallest absolute Gasteiger partial charge is 0.305 e. The Morgan fingerprint density at radius 2 is 1.37 bits per heavy atom. The van der Waals surface area contributed by atoms with E-state index in [0.717, 1.165) is 13.8 Å². The Bertz CT molecular complexity index is 728. The van der Waals surface area contributed by atoms with E-state index >= 15 is 0 Å². The zero-order chi connectivity index (χ0) is 26.4. The molecule has 200 valence electrons. The molecule has 2 N–H and O–H groups in total. The lowest BCUT2D eigenvalue weighted by Crippen LogP contribution is -2.66. The fourth-order valence-electron chi connectivity index (χ4n) is 3.14. The molecule has 1 heterocycles. The van der Waals surface area contributed by atoms with Crippen molar-refractivity contribution in [2.75, 3.05) is 39.6 Å². The summed E-state index contributed by atoms with van der Waals surface area (Å²) in [4.78, 5) is 57.1. The summed E-state index contributed by atoms with van der Waals surface area (Å²) in [5, 5.41) is 11.1. The molecule has 1 aliphatic heterocycles. The van der Waals surface area contributed by atoms with Gasteiger partial charge in [-0.25, -0.2) is 0 Å².